The Morgan fingerprint density at radius 1 is 1.17 bits per heavy atom. The van der Waals surface area contributed by atoms with Crippen molar-refractivity contribution in [3.05, 3.63) is 48.5 Å². The van der Waals surface area contributed by atoms with Gasteiger partial charge in [0.05, 0.1) is 12.2 Å². The molecule has 2 fully saturated rings. The van der Waals surface area contributed by atoms with Crippen molar-refractivity contribution in [2.24, 2.45) is 23.5 Å². The summed E-state index contributed by atoms with van der Waals surface area (Å²) >= 11 is 0. The lowest BCUT2D eigenvalue weighted by atomic mass is 9.84. The normalized spacial score (nSPS) is 28.0. The Morgan fingerprint density at radius 2 is 1.92 bits per heavy atom. The highest BCUT2D eigenvalue weighted by atomic mass is 16.2. The molecule has 6 nitrogen and oxygen atoms in total. The second kappa shape index (κ2) is 5.78. The first-order chi connectivity index (χ1) is 11.6. The number of nitrogens with zero attached hydrogens (tertiary/aromatic N) is 2. The molecule has 3 N–H and O–H groups in total. The molecule has 124 valence electrons. The summed E-state index contributed by atoms with van der Waals surface area (Å²) in [5.74, 6) is 0.0555. The molecule has 1 aromatic carbocycles. The van der Waals surface area contributed by atoms with Gasteiger partial charge >= 0.3 is 0 Å². The van der Waals surface area contributed by atoms with Gasteiger partial charge < -0.3 is 15.6 Å². The van der Waals surface area contributed by atoms with Crippen LogP contribution in [-0.4, -0.2) is 27.4 Å². The lowest BCUT2D eigenvalue weighted by Crippen LogP contribution is -2.48. The van der Waals surface area contributed by atoms with Crippen LogP contribution in [0.4, 0.5) is 0 Å². The third-order valence-corrected chi connectivity index (χ3v) is 5.47. The van der Waals surface area contributed by atoms with Crippen LogP contribution in [0.25, 0.3) is 5.69 Å². The fraction of sp³-hybridized carbons (Fsp3) is 0.389. The first-order valence-corrected chi connectivity index (χ1v) is 8.32. The highest BCUT2D eigenvalue weighted by Crippen LogP contribution is 2.48. The van der Waals surface area contributed by atoms with Crippen molar-refractivity contribution in [1.82, 2.24) is 14.9 Å². The van der Waals surface area contributed by atoms with Crippen LogP contribution in [-0.2, 0) is 4.79 Å². The molecule has 2 aliphatic carbocycles. The second-order valence-corrected chi connectivity index (χ2v) is 6.78. The fourth-order valence-electron chi connectivity index (χ4n) is 4.34. The van der Waals surface area contributed by atoms with Gasteiger partial charge in [0, 0.05) is 29.7 Å². The van der Waals surface area contributed by atoms with Crippen LogP contribution in [0.1, 0.15) is 29.6 Å². The van der Waals surface area contributed by atoms with Gasteiger partial charge in [-0.3, -0.25) is 9.59 Å². The topological polar surface area (TPSA) is 90.0 Å². The Bertz CT molecular complexity index is 754. The van der Waals surface area contributed by atoms with Gasteiger partial charge in [-0.15, -0.1) is 0 Å². The molecule has 0 radical (unpaired) electrons. The van der Waals surface area contributed by atoms with Gasteiger partial charge in [-0.25, -0.2) is 4.98 Å². The van der Waals surface area contributed by atoms with Crippen LogP contribution in [0.2, 0.25) is 0 Å². The molecule has 2 amide bonds. The lowest BCUT2D eigenvalue weighted by molar-refractivity contribution is -0.124. The van der Waals surface area contributed by atoms with Crippen LogP contribution in [0.15, 0.2) is 43.0 Å². The van der Waals surface area contributed by atoms with Crippen molar-refractivity contribution < 1.29 is 9.59 Å². The van der Waals surface area contributed by atoms with Crippen LogP contribution in [0.5, 0.6) is 0 Å². The van der Waals surface area contributed by atoms with Crippen molar-refractivity contribution in [2.75, 3.05) is 0 Å². The Hall–Kier alpha value is -2.63. The quantitative estimate of drug-likeness (QED) is 0.893. The summed E-state index contributed by atoms with van der Waals surface area (Å²) in [6, 6.07) is 7.21. The fourth-order valence-corrected chi connectivity index (χ4v) is 4.34. The van der Waals surface area contributed by atoms with Gasteiger partial charge in [0.1, 0.15) is 0 Å². The van der Waals surface area contributed by atoms with Crippen LogP contribution in [0, 0.1) is 17.8 Å². The summed E-state index contributed by atoms with van der Waals surface area (Å²) in [7, 11) is 0. The Balaban J connectivity index is 1.49. The number of nitrogens with one attached hydrogen (secondary N) is 1. The van der Waals surface area contributed by atoms with Crippen LogP contribution >= 0.6 is 0 Å². The number of fused-ring (bicyclic) bond motifs is 2. The summed E-state index contributed by atoms with van der Waals surface area (Å²) < 4.78 is 1.88. The summed E-state index contributed by atoms with van der Waals surface area (Å²) in [6.45, 7) is 0. The molecule has 4 rings (SSSR count). The molecule has 24 heavy (non-hydrogen) atoms. The lowest BCUT2D eigenvalue weighted by Gasteiger charge is -2.29. The van der Waals surface area contributed by atoms with E-state index in [4.69, 9.17) is 5.73 Å². The van der Waals surface area contributed by atoms with Gasteiger partial charge in [-0.05, 0) is 55.4 Å². The number of hydrogen-bond acceptors (Lipinski definition) is 3. The van der Waals surface area contributed by atoms with E-state index in [1.54, 1.807) is 24.7 Å². The molecular weight excluding hydrogens is 304 g/mol. The number of nitrogens with two attached hydrogens (primary N) is 1. The standard InChI is InChI=1S/C18H20N4O2/c19-17(23)15-12-1-2-13(9-12)16(15)21-18(24)11-3-5-14(6-4-11)22-8-7-20-10-22/h3-8,10,12-13,15-16H,1-2,9H2,(H2,19,23)(H,21,24)/t12-,13-,15+,16+/m0/s1. The van der Waals surface area contributed by atoms with E-state index < -0.39 is 0 Å². The molecule has 1 aromatic heterocycles. The number of carbonyl (C=O) groups excluding carboxylic acids is 2. The van der Waals surface area contributed by atoms with Gasteiger partial charge in [0.15, 0.2) is 0 Å². The number of aromatic nitrogens is 2. The number of primary amides is 1. The van der Waals surface area contributed by atoms with Gasteiger partial charge in [0.2, 0.25) is 5.91 Å². The first kappa shape index (κ1) is 14.9. The monoisotopic (exact) mass is 324 g/mol. The molecule has 0 aliphatic heterocycles. The summed E-state index contributed by atoms with van der Waals surface area (Å²) in [5.41, 5.74) is 7.10. The molecule has 0 spiro atoms. The number of rotatable bonds is 4. The summed E-state index contributed by atoms with van der Waals surface area (Å²) in [6.07, 6.45) is 8.38. The summed E-state index contributed by atoms with van der Waals surface area (Å²) in [5, 5.41) is 3.05. The smallest absolute Gasteiger partial charge is 0.251 e. The van der Waals surface area contributed by atoms with Crippen LogP contribution < -0.4 is 11.1 Å². The van der Waals surface area contributed by atoms with E-state index >= 15 is 0 Å². The van der Waals surface area contributed by atoms with E-state index in [0.29, 0.717) is 17.4 Å². The average molecular weight is 324 g/mol. The zero-order chi connectivity index (χ0) is 16.7. The number of imidazole rings is 1. The zero-order valence-electron chi connectivity index (χ0n) is 13.3. The van der Waals surface area contributed by atoms with Crippen molar-refractivity contribution in [2.45, 2.75) is 25.3 Å². The molecule has 6 heteroatoms. The molecule has 2 saturated carbocycles. The number of amides is 2. The average Bonchev–Trinajstić information content (AvgIpc) is 3.32. The minimum absolute atomic E-state index is 0.123. The zero-order valence-corrected chi connectivity index (χ0v) is 13.3. The molecule has 2 aliphatic rings. The Kier molecular flexibility index (Phi) is 3.59. The molecule has 0 saturated heterocycles. The minimum atomic E-state index is -0.289. The van der Waals surface area contributed by atoms with E-state index in [9.17, 15) is 9.59 Å². The van der Waals surface area contributed by atoms with Crippen LogP contribution in [0.3, 0.4) is 0 Å². The van der Waals surface area contributed by atoms with E-state index in [-0.39, 0.29) is 23.8 Å². The van der Waals surface area contributed by atoms with Gasteiger partial charge in [0.25, 0.3) is 5.91 Å². The van der Waals surface area contributed by atoms with Gasteiger partial charge in [-0.2, -0.15) is 0 Å². The van der Waals surface area contributed by atoms with E-state index in [1.807, 2.05) is 22.9 Å². The van der Waals surface area contributed by atoms with Crippen molar-refractivity contribution in [3.8, 4) is 5.69 Å². The number of benzene rings is 1. The Morgan fingerprint density at radius 3 is 2.58 bits per heavy atom. The molecule has 2 bridgehead atoms. The third kappa shape index (κ3) is 2.48. The molecule has 2 aromatic rings. The number of hydrogen-bond donors (Lipinski definition) is 2. The number of carbonyl (C=O) groups is 2. The van der Waals surface area contributed by atoms with Crippen molar-refractivity contribution in [1.29, 1.82) is 0 Å². The van der Waals surface area contributed by atoms with Crippen molar-refractivity contribution >= 4 is 11.8 Å². The minimum Gasteiger partial charge on any atom is -0.369 e. The maximum atomic E-state index is 12.6. The molecule has 1 heterocycles. The van der Waals surface area contributed by atoms with E-state index in [0.717, 1.165) is 24.9 Å². The predicted octanol–water partition coefficient (Wildman–Crippen LogP) is 1.50. The maximum absolute atomic E-state index is 12.6. The molecule has 0 unspecified atom stereocenters. The molecule has 4 atom stereocenters. The van der Waals surface area contributed by atoms with E-state index in [2.05, 4.69) is 10.3 Å². The highest BCUT2D eigenvalue weighted by molar-refractivity contribution is 5.95. The first-order valence-electron chi connectivity index (χ1n) is 8.32. The van der Waals surface area contributed by atoms with Gasteiger partial charge in [-0.1, -0.05) is 0 Å². The summed E-state index contributed by atoms with van der Waals surface area (Å²) in [4.78, 5) is 28.3. The predicted molar refractivity (Wildman–Crippen MR) is 88.3 cm³/mol. The largest absolute Gasteiger partial charge is 0.369 e. The maximum Gasteiger partial charge on any atom is 0.251 e. The third-order valence-electron chi connectivity index (χ3n) is 5.47. The van der Waals surface area contributed by atoms with E-state index in [1.165, 1.54) is 0 Å². The molecular formula is C18H20N4O2. The SMILES string of the molecule is NC(=O)[C@@H]1[C@H]2CC[C@@H](C2)[C@H]1NC(=O)c1ccc(-n2ccnc2)cc1. The Labute approximate surface area is 140 Å². The second-order valence-electron chi connectivity index (χ2n) is 6.78. The van der Waals surface area contributed by atoms with Crippen molar-refractivity contribution in [3.63, 3.8) is 0 Å². The highest BCUT2D eigenvalue weighted by Gasteiger charge is 2.50.